The van der Waals surface area contributed by atoms with Crippen LogP contribution < -0.4 is 5.32 Å². The fourth-order valence-electron chi connectivity index (χ4n) is 2.26. The third-order valence-electron chi connectivity index (χ3n) is 3.49. The van der Waals surface area contributed by atoms with E-state index < -0.39 is 4.92 Å². The van der Waals surface area contributed by atoms with Gasteiger partial charge in [-0.25, -0.2) is 4.98 Å². The molecule has 3 rings (SSSR count). The maximum absolute atomic E-state index is 10.7. The fourth-order valence-corrected chi connectivity index (χ4v) is 3.06. The van der Waals surface area contributed by atoms with E-state index in [0.29, 0.717) is 5.82 Å². The molecule has 5 nitrogen and oxygen atoms in total. The standard InChI is InChI=1S/C17H15N3O2S/c1-12-4-6-13(7-5-12)17(15-3-2-10-23-15)19-16-9-8-14(11-18-16)20(21)22/h2-11,17H,1H3,(H,18,19)/t17-/m0/s1. The first-order chi connectivity index (χ1) is 11.1. The van der Waals surface area contributed by atoms with E-state index in [0.717, 1.165) is 10.4 Å². The molecular weight excluding hydrogens is 310 g/mol. The lowest BCUT2D eigenvalue weighted by Crippen LogP contribution is -2.12. The SMILES string of the molecule is Cc1ccc([C@H](Nc2ccc([N+](=O)[O-])cn2)c2cccs2)cc1. The molecule has 1 atom stereocenters. The quantitative estimate of drug-likeness (QED) is 0.551. The van der Waals surface area contributed by atoms with E-state index in [1.54, 1.807) is 17.4 Å². The van der Waals surface area contributed by atoms with Crippen LogP contribution in [0.25, 0.3) is 0 Å². The Morgan fingerprint density at radius 3 is 2.52 bits per heavy atom. The molecule has 0 radical (unpaired) electrons. The Kier molecular flexibility index (Phi) is 4.34. The summed E-state index contributed by atoms with van der Waals surface area (Å²) in [7, 11) is 0. The lowest BCUT2D eigenvalue weighted by atomic mass is 10.0. The van der Waals surface area contributed by atoms with Crippen molar-refractivity contribution in [1.29, 1.82) is 0 Å². The summed E-state index contributed by atoms with van der Waals surface area (Å²) < 4.78 is 0. The van der Waals surface area contributed by atoms with Crippen LogP contribution >= 0.6 is 11.3 Å². The Bertz CT molecular complexity index is 784. The first-order valence-corrected chi connectivity index (χ1v) is 7.98. The molecule has 0 unspecified atom stereocenters. The van der Waals surface area contributed by atoms with Gasteiger partial charge in [-0.3, -0.25) is 10.1 Å². The molecule has 0 spiro atoms. The van der Waals surface area contributed by atoms with Gasteiger partial charge in [0.1, 0.15) is 12.0 Å². The monoisotopic (exact) mass is 325 g/mol. The predicted molar refractivity (Wildman–Crippen MR) is 91.9 cm³/mol. The summed E-state index contributed by atoms with van der Waals surface area (Å²) in [6.45, 7) is 2.05. The molecule has 1 aromatic carbocycles. The number of hydrogen-bond donors (Lipinski definition) is 1. The number of aryl methyl sites for hydroxylation is 1. The number of nitrogens with one attached hydrogen (secondary N) is 1. The van der Waals surface area contributed by atoms with Gasteiger partial charge in [-0.1, -0.05) is 35.9 Å². The van der Waals surface area contributed by atoms with Crippen molar-refractivity contribution in [1.82, 2.24) is 4.98 Å². The van der Waals surface area contributed by atoms with Gasteiger partial charge in [0.15, 0.2) is 0 Å². The highest BCUT2D eigenvalue weighted by Crippen LogP contribution is 2.29. The summed E-state index contributed by atoms with van der Waals surface area (Å²) in [5.41, 5.74) is 2.31. The lowest BCUT2D eigenvalue weighted by molar-refractivity contribution is -0.385. The van der Waals surface area contributed by atoms with Crippen LogP contribution in [0.5, 0.6) is 0 Å². The minimum Gasteiger partial charge on any atom is -0.358 e. The van der Waals surface area contributed by atoms with Crippen LogP contribution in [0.3, 0.4) is 0 Å². The molecule has 2 aromatic heterocycles. The summed E-state index contributed by atoms with van der Waals surface area (Å²) >= 11 is 1.66. The van der Waals surface area contributed by atoms with Crippen LogP contribution in [-0.2, 0) is 0 Å². The number of aromatic nitrogens is 1. The maximum atomic E-state index is 10.7. The van der Waals surface area contributed by atoms with E-state index in [4.69, 9.17) is 0 Å². The number of thiophene rings is 1. The molecule has 23 heavy (non-hydrogen) atoms. The largest absolute Gasteiger partial charge is 0.358 e. The smallest absolute Gasteiger partial charge is 0.287 e. The van der Waals surface area contributed by atoms with Gasteiger partial charge in [0.05, 0.1) is 11.0 Å². The van der Waals surface area contributed by atoms with Gasteiger partial charge < -0.3 is 5.32 Å². The van der Waals surface area contributed by atoms with Crippen LogP contribution in [0.4, 0.5) is 11.5 Å². The van der Waals surface area contributed by atoms with Crippen molar-refractivity contribution in [3.05, 3.63) is 86.2 Å². The Morgan fingerprint density at radius 1 is 1.17 bits per heavy atom. The zero-order valence-corrected chi connectivity index (χ0v) is 13.3. The lowest BCUT2D eigenvalue weighted by Gasteiger charge is -2.18. The van der Waals surface area contributed by atoms with Crippen molar-refractivity contribution < 1.29 is 4.92 Å². The van der Waals surface area contributed by atoms with Gasteiger partial charge in [-0.2, -0.15) is 0 Å². The normalized spacial score (nSPS) is 11.9. The van der Waals surface area contributed by atoms with E-state index in [2.05, 4.69) is 47.6 Å². The summed E-state index contributed by atoms with van der Waals surface area (Å²) in [5, 5.41) is 16.1. The molecule has 6 heteroatoms. The van der Waals surface area contributed by atoms with E-state index >= 15 is 0 Å². The molecule has 0 saturated heterocycles. The van der Waals surface area contributed by atoms with Crippen molar-refractivity contribution in [2.45, 2.75) is 13.0 Å². The average Bonchev–Trinajstić information content (AvgIpc) is 3.08. The zero-order valence-electron chi connectivity index (χ0n) is 12.5. The van der Waals surface area contributed by atoms with Crippen LogP contribution in [0, 0.1) is 17.0 Å². The number of nitro groups is 1. The molecule has 0 aliphatic rings. The third kappa shape index (κ3) is 3.54. The zero-order chi connectivity index (χ0) is 16.2. The predicted octanol–water partition coefficient (Wildman–Crippen LogP) is 4.56. The highest BCUT2D eigenvalue weighted by Gasteiger charge is 2.16. The Morgan fingerprint density at radius 2 is 1.96 bits per heavy atom. The number of rotatable bonds is 5. The second-order valence-electron chi connectivity index (χ2n) is 5.16. The number of pyridine rings is 1. The van der Waals surface area contributed by atoms with Gasteiger partial charge in [-0.05, 0) is 30.0 Å². The minimum absolute atomic E-state index is 0.0152. The molecule has 0 fully saturated rings. The van der Waals surface area contributed by atoms with Gasteiger partial charge in [-0.15, -0.1) is 11.3 Å². The van der Waals surface area contributed by atoms with E-state index in [9.17, 15) is 10.1 Å². The average molecular weight is 325 g/mol. The highest BCUT2D eigenvalue weighted by atomic mass is 32.1. The first-order valence-electron chi connectivity index (χ1n) is 7.10. The Balaban J connectivity index is 1.90. The van der Waals surface area contributed by atoms with Crippen molar-refractivity contribution in [2.24, 2.45) is 0 Å². The number of benzene rings is 1. The molecular formula is C17H15N3O2S. The molecule has 1 N–H and O–H groups in total. The second-order valence-corrected chi connectivity index (χ2v) is 6.14. The molecule has 116 valence electrons. The Hall–Kier alpha value is -2.73. The number of anilines is 1. The van der Waals surface area contributed by atoms with E-state index in [1.807, 2.05) is 11.4 Å². The molecule has 0 aliphatic carbocycles. The molecule has 2 heterocycles. The fraction of sp³-hybridized carbons (Fsp3) is 0.118. The van der Waals surface area contributed by atoms with Crippen LogP contribution in [-0.4, -0.2) is 9.91 Å². The molecule has 3 aromatic rings. The van der Waals surface area contributed by atoms with Crippen molar-refractivity contribution in [3.63, 3.8) is 0 Å². The maximum Gasteiger partial charge on any atom is 0.287 e. The van der Waals surface area contributed by atoms with Gasteiger partial charge in [0, 0.05) is 10.9 Å². The summed E-state index contributed by atoms with van der Waals surface area (Å²) in [6, 6.07) is 15.4. The highest BCUT2D eigenvalue weighted by molar-refractivity contribution is 7.10. The van der Waals surface area contributed by atoms with Crippen LogP contribution in [0.2, 0.25) is 0 Å². The summed E-state index contributed by atoms with van der Waals surface area (Å²) in [5.74, 6) is 0.606. The first kappa shape index (κ1) is 15.2. The van der Waals surface area contributed by atoms with E-state index in [-0.39, 0.29) is 11.7 Å². The van der Waals surface area contributed by atoms with Crippen LogP contribution in [0.1, 0.15) is 22.0 Å². The van der Waals surface area contributed by atoms with Crippen molar-refractivity contribution in [2.75, 3.05) is 5.32 Å². The van der Waals surface area contributed by atoms with Gasteiger partial charge >= 0.3 is 0 Å². The molecule has 0 saturated carbocycles. The second kappa shape index (κ2) is 6.58. The third-order valence-corrected chi connectivity index (χ3v) is 4.43. The van der Waals surface area contributed by atoms with Gasteiger partial charge in [0.2, 0.25) is 0 Å². The topological polar surface area (TPSA) is 68.1 Å². The number of nitrogens with zero attached hydrogens (tertiary/aromatic N) is 2. The minimum atomic E-state index is -0.451. The van der Waals surface area contributed by atoms with Crippen molar-refractivity contribution in [3.8, 4) is 0 Å². The van der Waals surface area contributed by atoms with E-state index in [1.165, 1.54) is 17.8 Å². The molecule has 0 aliphatic heterocycles. The van der Waals surface area contributed by atoms with Gasteiger partial charge in [0.25, 0.3) is 5.69 Å². The van der Waals surface area contributed by atoms with Crippen molar-refractivity contribution >= 4 is 22.8 Å². The summed E-state index contributed by atoms with van der Waals surface area (Å²) in [6.07, 6.45) is 1.27. The van der Waals surface area contributed by atoms with Crippen LogP contribution in [0.15, 0.2) is 60.1 Å². The molecule has 0 amide bonds. The summed E-state index contributed by atoms with van der Waals surface area (Å²) in [4.78, 5) is 15.6. The Labute approximate surface area is 137 Å². The molecule has 0 bridgehead atoms. The number of hydrogen-bond acceptors (Lipinski definition) is 5.